The van der Waals surface area contributed by atoms with Crippen molar-refractivity contribution in [3.63, 3.8) is 0 Å². The molecule has 336 valence electrons. The summed E-state index contributed by atoms with van der Waals surface area (Å²) in [7, 11) is 0. The molecule has 0 spiro atoms. The quantitative estimate of drug-likeness (QED) is 0.136. The molecule has 0 aliphatic carbocycles. The molecule has 4 saturated heterocycles. The first-order valence-corrected chi connectivity index (χ1v) is 21.4. The summed E-state index contributed by atoms with van der Waals surface area (Å²) in [4.78, 5) is 52.6. The van der Waals surface area contributed by atoms with Gasteiger partial charge in [-0.05, 0) is 93.6 Å². The first kappa shape index (κ1) is 44.0. The lowest BCUT2D eigenvalue weighted by molar-refractivity contribution is -0.178. The zero-order chi connectivity index (χ0) is 44.3. The second kappa shape index (κ2) is 18.6. The van der Waals surface area contributed by atoms with E-state index in [4.69, 9.17) is 16.6 Å². The molecule has 6 aliphatic heterocycles. The third kappa shape index (κ3) is 10.1. The number of aromatic nitrogens is 4. The summed E-state index contributed by atoms with van der Waals surface area (Å²) in [6, 6.07) is 17.5. The van der Waals surface area contributed by atoms with Gasteiger partial charge in [-0.1, -0.05) is 23.7 Å². The number of carbonyl (C=O) groups is 2. The number of fused-ring (bicyclic) bond motifs is 8. The summed E-state index contributed by atoms with van der Waals surface area (Å²) < 4.78 is 75.5. The Morgan fingerprint density at radius 3 is 1.70 bits per heavy atom. The van der Waals surface area contributed by atoms with E-state index in [0.29, 0.717) is 60.2 Å². The number of nitrogens with one attached hydrogen (secondary N) is 3. The molecular formula is C42H47ClF6N12O2. The molecular weight excluding hydrogens is 854 g/mol. The van der Waals surface area contributed by atoms with E-state index in [1.807, 2.05) is 24.3 Å². The summed E-state index contributed by atoms with van der Waals surface area (Å²) in [5.74, 6) is 0.0873. The van der Waals surface area contributed by atoms with E-state index in [-0.39, 0.29) is 50.1 Å². The van der Waals surface area contributed by atoms with Crippen molar-refractivity contribution in [2.45, 2.75) is 63.0 Å². The van der Waals surface area contributed by atoms with Gasteiger partial charge in [-0.2, -0.15) is 26.3 Å². The number of nitrogens with zero attached hydrogens (tertiary/aromatic N) is 9. The van der Waals surface area contributed by atoms with Gasteiger partial charge in [-0.3, -0.25) is 20.4 Å². The minimum Gasteiger partial charge on any atom is -0.366 e. The smallest absolute Gasteiger partial charge is 0.366 e. The number of urea groups is 2. The van der Waals surface area contributed by atoms with E-state index in [0.717, 1.165) is 50.4 Å². The highest BCUT2D eigenvalue weighted by molar-refractivity contribution is 6.29. The third-order valence-corrected chi connectivity index (χ3v) is 12.3. The van der Waals surface area contributed by atoms with Gasteiger partial charge >= 0.3 is 24.4 Å². The predicted molar refractivity (Wildman–Crippen MR) is 229 cm³/mol. The van der Waals surface area contributed by atoms with Gasteiger partial charge in [-0.25, -0.2) is 29.5 Å². The number of carbonyl (C=O) groups excluding carboxylic acids is 2. The SMILES string of the molecule is FC(F)(F)[C@H]1CCCNC1.O=C(Nc1ccccn1)N1c2nc(Cl)ccc2N2CC[C@H]1C2.O=C(Nc1ccccn1)N1c2nc(N3CCC[C@H](C(F)(F)F)C3)ccc2N2CC[C@H]1C2. The maximum atomic E-state index is 13.3. The standard InChI is InChI=1S/C21H23F3N6O.C15H14ClN5O.C6H10F3N/c22-21(23,24)14-4-3-10-29(12-14)18-7-6-16-19(27-18)30(15-8-11-28(16)13-15)20(31)26-17-5-1-2-9-25-17;16-12-5-4-11-14(18-12)21(10-6-8-20(11)9-10)15(22)19-13-3-1-2-7-17-13;7-6(8,9)5-2-1-3-10-4-5/h1-2,5-7,9,14-15H,3-4,8,10-13H2,(H,25,26,31);1-5,7,10H,6,8-9H2,(H,17,19,22);5,10H,1-4H2/t14-,15-;10-;5-/m000/s1. The molecule has 63 heavy (non-hydrogen) atoms. The summed E-state index contributed by atoms with van der Waals surface area (Å²) in [5, 5.41) is 8.75. The van der Waals surface area contributed by atoms with Crippen LogP contribution in [-0.2, 0) is 0 Å². The minimum atomic E-state index is -4.22. The van der Waals surface area contributed by atoms with E-state index in [2.05, 4.69) is 40.7 Å². The van der Waals surface area contributed by atoms with Crippen LogP contribution in [0.5, 0.6) is 0 Å². The summed E-state index contributed by atoms with van der Waals surface area (Å²) in [6.07, 6.45) is -1.71. The summed E-state index contributed by atoms with van der Waals surface area (Å²) in [5.41, 5.74) is 1.78. The first-order valence-electron chi connectivity index (χ1n) is 21.0. The minimum absolute atomic E-state index is 0.0387. The van der Waals surface area contributed by atoms with Crippen molar-refractivity contribution in [1.82, 2.24) is 25.3 Å². The summed E-state index contributed by atoms with van der Waals surface area (Å²) in [6.45, 7) is 4.51. The molecule has 3 N–H and O–H groups in total. The highest BCUT2D eigenvalue weighted by Crippen LogP contribution is 2.42. The van der Waals surface area contributed by atoms with Gasteiger partial charge in [0.1, 0.15) is 22.6 Å². The molecule has 4 fully saturated rings. The van der Waals surface area contributed by atoms with Gasteiger partial charge in [0.2, 0.25) is 0 Å². The molecule has 4 bridgehead atoms. The highest BCUT2D eigenvalue weighted by atomic mass is 35.5. The topological polar surface area (TPSA) is 138 Å². The van der Waals surface area contributed by atoms with E-state index >= 15 is 0 Å². The van der Waals surface area contributed by atoms with Gasteiger partial charge in [0.15, 0.2) is 11.6 Å². The third-order valence-electron chi connectivity index (χ3n) is 12.1. The molecule has 14 nitrogen and oxygen atoms in total. The largest absolute Gasteiger partial charge is 0.393 e. The van der Waals surface area contributed by atoms with Gasteiger partial charge < -0.3 is 20.0 Å². The van der Waals surface area contributed by atoms with E-state index in [1.54, 1.807) is 63.5 Å². The van der Waals surface area contributed by atoms with Gasteiger partial charge in [0.25, 0.3) is 0 Å². The number of hydrogen-bond donors (Lipinski definition) is 3. The fourth-order valence-electron chi connectivity index (χ4n) is 8.88. The Labute approximate surface area is 365 Å². The molecule has 21 heteroatoms. The number of hydrogen-bond acceptors (Lipinski definition) is 10. The average molecular weight is 901 g/mol. The Bertz CT molecular complexity index is 2220. The normalized spacial score (nSPS) is 22.5. The van der Waals surface area contributed by atoms with Gasteiger partial charge in [0.05, 0.1) is 35.3 Å². The van der Waals surface area contributed by atoms with Crippen LogP contribution >= 0.6 is 11.6 Å². The monoisotopic (exact) mass is 900 g/mol. The molecule has 4 aromatic heterocycles. The number of amides is 4. The van der Waals surface area contributed by atoms with E-state index in [1.165, 1.54) is 0 Å². The molecule has 10 rings (SSSR count). The molecule has 4 atom stereocenters. The molecule has 4 aromatic rings. The molecule has 0 radical (unpaired) electrons. The Kier molecular flexibility index (Phi) is 13.0. The fraction of sp³-hybridized carbons (Fsp3) is 0.476. The van der Waals surface area contributed by atoms with Crippen LogP contribution in [0.15, 0.2) is 73.1 Å². The van der Waals surface area contributed by atoms with Crippen molar-refractivity contribution < 1.29 is 35.9 Å². The second-order valence-corrected chi connectivity index (χ2v) is 16.6. The molecule has 0 saturated carbocycles. The van der Waals surface area contributed by atoms with Crippen LogP contribution in [-0.4, -0.2) is 109 Å². The molecule has 6 aliphatic rings. The maximum absolute atomic E-state index is 13.3. The second-order valence-electron chi connectivity index (χ2n) is 16.2. The van der Waals surface area contributed by atoms with Gasteiger partial charge in [0, 0.05) is 58.2 Å². The number of piperidine rings is 2. The lowest BCUT2D eigenvalue weighted by atomic mass is 9.97. The average Bonchev–Trinajstić information content (AvgIpc) is 3.90. The Morgan fingerprint density at radius 1 is 0.635 bits per heavy atom. The number of alkyl halides is 6. The Balaban J connectivity index is 0.000000147. The number of halogens is 7. The fourth-order valence-corrected chi connectivity index (χ4v) is 9.03. The van der Waals surface area contributed by atoms with Crippen molar-refractivity contribution in [1.29, 1.82) is 0 Å². The van der Waals surface area contributed by atoms with Crippen LogP contribution in [0, 0.1) is 11.8 Å². The van der Waals surface area contributed by atoms with Crippen LogP contribution in [0.3, 0.4) is 0 Å². The van der Waals surface area contributed by atoms with Crippen LogP contribution in [0.25, 0.3) is 0 Å². The zero-order valence-electron chi connectivity index (χ0n) is 34.1. The lowest BCUT2D eigenvalue weighted by Crippen LogP contribution is -2.48. The van der Waals surface area contributed by atoms with E-state index < -0.39 is 24.2 Å². The van der Waals surface area contributed by atoms with E-state index in [9.17, 15) is 35.9 Å². The van der Waals surface area contributed by atoms with Crippen LogP contribution < -0.4 is 40.4 Å². The maximum Gasteiger partial charge on any atom is 0.393 e. The first-order chi connectivity index (χ1) is 30.2. The Hall–Kier alpha value is -5.63. The summed E-state index contributed by atoms with van der Waals surface area (Å²) >= 11 is 6.02. The molecule has 4 amide bonds. The lowest BCUT2D eigenvalue weighted by Gasteiger charge is -2.38. The highest BCUT2D eigenvalue weighted by Gasteiger charge is 2.44. The van der Waals surface area contributed by atoms with Crippen LogP contribution in [0.4, 0.5) is 76.4 Å². The van der Waals surface area contributed by atoms with Crippen LogP contribution in [0.2, 0.25) is 5.15 Å². The number of rotatable bonds is 3. The van der Waals surface area contributed by atoms with Crippen LogP contribution in [0.1, 0.15) is 38.5 Å². The van der Waals surface area contributed by atoms with Crippen molar-refractivity contribution in [2.75, 3.05) is 87.5 Å². The predicted octanol–water partition coefficient (Wildman–Crippen LogP) is 8.20. The zero-order valence-corrected chi connectivity index (χ0v) is 34.9. The molecule has 10 heterocycles. The van der Waals surface area contributed by atoms with Crippen molar-refractivity contribution >= 4 is 64.1 Å². The number of anilines is 7. The van der Waals surface area contributed by atoms with Crippen molar-refractivity contribution in [2.24, 2.45) is 11.8 Å². The number of pyridine rings is 4. The van der Waals surface area contributed by atoms with Gasteiger partial charge in [-0.15, -0.1) is 0 Å². The van der Waals surface area contributed by atoms with Crippen molar-refractivity contribution in [3.05, 3.63) is 78.2 Å². The van der Waals surface area contributed by atoms with Crippen molar-refractivity contribution in [3.8, 4) is 0 Å². The molecule has 0 aromatic carbocycles. The molecule has 0 unspecified atom stereocenters. The Morgan fingerprint density at radius 2 is 1.19 bits per heavy atom.